The van der Waals surface area contributed by atoms with Crippen LogP contribution < -0.4 is 5.32 Å². The summed E-state index contributed by atoms with van der Waals surface area (Å²) in [5, 5.41) is 3.75. The molecule has 2 aliphatic rings. The van der Waals surface area contributed by atoms with E-state index < -0.39 is 0 Å². The fourth-order valence-electron chi connectivity index (χ4n) is 4.26. The highest BCUT2D eigenvalue weighted by atomic mass is 127. The minimum Gasteiger partial charge on any atom is -0.377 e. The first-order chi connectivity index (χ1) is 12.0. The van der Waals surface area contributed by atoms with Crippen LogP contribution in [0.3, 0.4) is 0 Å². The van der Waals surface area contributed by atoms with Crippen molar-refractivity contribution in [2.45, 2.75) is 50.8 Å². The molecule has 3 atom stereocenters. The fraction of sp³-hybridized carbons (Fsp3) is 0.650. The summed E-state index contributed by atoms with van der Waals surface area (Å²) in [5.41, 5.74) is 1.47. The van der Waals surface area contributed by atoms with E-state index in [1.54, 1.807) is 11.8 Å². The molecule has 1 saturated carbocycles. The zero-order valence-electron chi connectivity index (χ0n) is 16.5. The molecule has 6 heteroatoms. The van der Waals surface area contributed by atoms with Gasteiger partial charge in [-0.15, -0.1) is 35.7 Å². The van der Waals surface area contributed by atoms with E-state index in [2.05, 4.69) is 68.6 Å². The molecule has 146 valence electrons. The minimum atomic E-state index is 0. The molecule has 1 aliphatic carbocycles. The molecule has 1 N–H and O–H groups in total. The van der Waals surface area contributed by atoms with Crippen molar-refractivity contribution < 1.29 is 4.74 Å². The summed E-state index contributed by atoms with van der Waals surface area (Å²) >= 11 is 1.78. The van der Waals surface area contributed by atoms with Crippen molar-refractivity contribution in [1.82, 2.24) is 10.2 Å². The first-order valence-corrected chi connectivity index (χ1v) is 10.5. The van der Waals surface area contributed by atoms with Crippen LogP contribution >= 0.6 is 35.7 Å². The van der Waals surface area contributed by atoms with Gasteiger partial charge in [0.2, 0.25) is 0 Å². The zero-order chi connectivity index (χ0) is 18.0. The van der Waals surface area contributed by atoms with Crippen LogP contribution in [0, 0.1) is 11.3 Å². The third-order valence-corrected chi connectivity index (χ3v) is 6.38. The van der Waals surface area contributed by atoms with Crippen molar-refractivity contribution in [2.75, 3.05) is 26.5 Å². The first kappa shape index (κ1) is 21.8. The summed E-state index contributed by atoms with van der Waals surface area (Å²) in [7, 11) is 2.12. The molecule has 2 fully saturated rings. The maximum Gasteiger partial charge on any atom is 0.194 e. The topological polar surface area (TPSA) is 36.9 Å². The largest absolute Gasteiger partial charge is 0.377 e. The van der Waals surface area contributed by atoms with Gasteiger partial charge in [0.25, 0.3) is 0 Å². The van der Waals surface area contributed by atoms with Crippen LogP contribution in [0.25, 0.3) is 0 Å². The van der Waals surface area contributed by atoms with Crippen LogP contribution in [0.1, 0.15) is 32.8 Å². The Morgan fingerprint density at radius 2 is 2.04 bits per heavy atom. The Morgan fingerprint density at radius 1 is 1.35 bits per heavy atom. The number of benzene rings is 1. The van der Waals surface area contributed by atoms with Crippen LogP contribution in [0.15, 0.2) is 34.2 Å². The van der Waals surface area contributed by atoms with Gasteiger partial charge >= 0.3 is 0 Å². The first-order valence-electron chi connectivity index (χ1n) is 9.24. The molecule has 1 aromatic carbocycles. The Labute approximate surface area is 179 Å². The zero-order valence-corrected chi connectivity index (χ0v) is 19.6. The van der Waals surface area contributed by atoms with E-state index in [-0.39, 0.29) is 29.4 Å². The maximum absolute atomic E-state index is 5.92. The van der Waals surface area contributed by atoms with Crippen molar-refractivity contribution in [2.24, 2.45) is 16.3 Å². The Morgan fingerprint density at radius 3 is 2.65 bits per heavy atom. The number of nitrogens with one attached hydrogen (secondary N) is 1. The molecule has 4 nitrogen and oxygen atoms in total. The lowest BCUT2D eigenvalue weighted by molar-refractivity contribution is -0.107. The number of rotatable bonds is 5. The lowest BCUT2D eigenvalue weighted by Crippen LogP contribution is -2.67. The molecular formula is C20H32IN3OS. The molecule has 3 unspecified atom stereocenters. The van der Waals surface area contributed by atoms with Crippen molar-refractivity contribution >= 4 is 41.7 Å². The van der Waals surface area contributed by atoms with Gasteiger partial charge in [-0.3, -0.25) is 4.99 Å². The van der Waals surface area contributed by atoms with E-state index in [9.17, 15) is 0 Å². The van der Waals surface area contributed by atoms with E-state index in [1.807, 2.05) is 0 Å². The van der Waals surface area contributed by atoms with Gasteiger partial charge in [-0.2, -0.15) is 0 Å². The lowest BCUT2D eigenvalue weighted by atomic mass is 9.57. The van der Waals surface area contributed by atoms with E-state index in [0.29, 0.717) is 18.1 Å². The third kappa shape index (κ3) is 4.33. The molecule has 3 rings (SSSR count). The second kappa shape index (κ2) is 9.15. The van der Waals surface area contributed by atoms with E-state index >= 15 is 0 Å². The number of guanidine groups is 1. The Hall–Kier alpha value is -0.470. The van der Waals surface area contributed by atoms with Gasteiger partial charge in [0.1, 0.15) is 0 Å². The number of fused-ring (bicyclic) bond motifs is 1. The van der Waals surface area contributed by atoms with Gasteiger partial charge in [-0.1, -0.05) is 26.0 Å². The Bertz CT molecular complexity index is 620. The number of hydrogen-bond donors (Lipinski definition) is 1. The van der Waals surface area contributed by atoms with Gasteiger partial charge in [0.05, 0.1) is 6.10 Å². The predicted octanol–water partition coefficient (Wildman–Crippen LogP) is 4.24. The fourth-order valence-corrected chi connectivity index (χ4v) is 4.67. The van der Waals surface area contributed by atoms with Crippen LogP contribution in [0.4, 0.5) is 0 Å². The summed E-state index contributed by atoms with van der Waals surface area (Å²) in [6.07, 6.45) is 3.67. The van der Waals surface area contributed by atoms with Gasteiger partial charge in [-0.25, -0.2) is 0 Å². The molecular weight excluding hydrogens is 457 g/mol. The van der Waals surface area contributed by atoms with E-state index in [1.165, 1.54) is 10.5 Å². The Balaban J connectivity index is 0.00000243. The highest BCUT2D eigenvalue weighted by Gasteiger charge is 2.59. The van der Waals surface area contributed by atoms with Crippen molar-refractivity contribution in [3.8, 4) is 0 Å². The van der Waals surface area contributed by atoms with Crippen molar-refractivity contribution in [1.29, 1.82) is 0 Å². The smallest absolute Gasteiger partial charge is 0.194 e. The summed E-state index contributed by atoms with van der Waals surface area (Å²) in [6.45, 7) is 9.25. The number of aliphatic imine (C=N–C) groups is 1. The van der Waals surface area contributed by atoms with Crippen LogP contribution in [0.2, 0.25) is 0 Å². The normalized spacial score (nSPS) is 26.5. The minimum absolute atomic E-state index is 0. The molecule has 0 amide bonds. The third-order valence-electron chi connectivity index (χ3n) is 5.63. The quantitative estimate of drug-likeness (QED) is 0.291. The number of nitrogens with zero attached hydrogens (tertiary/aromatic N) is 2. The summed E-state index contributed by atoms with van der Waals surface area (Å²) in [5.74, 6) is 1.62. The number of hydrogen-bond acceptors (Lipinski definition) is 3. The van der Waals surface area contributed by atoms with Crippen LogP contribution in [0.5, 0.6) is 0 Å². The second-order valence-corrected chi connectivity index (χ2v) is 8.57. The number of halogens is 1. The summed E-state index contributed by atoms with van der Waals surface area (Å²) < 4.78 is 5.92. The molecule has 1 aliphatic heterocycles. The second-order valence-electron chi connectivity index (χ2n) is 7.69. The summed E-state index contributed by atoms with van der Waals surface area (Å²) in [6, 6.07) is 9.23. The van der Waals surface area contributed by atoms with E-state index in [0.717, 1.165) is 32.1 Å². The van der Waals surface area contributed by atoms with Crippen LogP contribution in [-0.4, -0.2) is 49.5 Å². The highest BCUT2D eigenvalue weighted by Crippen LogP contribution is 2.52. The standard InChI is InChI=1S/C20H31N3OS.HI/c1-6-21-19(22-17-16-11-12-24-18(16)20(17,2)3)23(4)13-14-7-9-15(25-5)10-8-14;/h7-10,16-18H,6,11-13H2,1-5H3,(H,21,22);1H. The van der Waals surface area contributed by atoms with Crippen molar-refractivity contribution in [3.05, 3.63) is 29.8 Å². The average Bonchev–Trinajstić information content (AvgIpc) is 3.06. The number of ether oxygens (including phenoxy) is 1. The molecule has 1 heterocycles. The lowest BCUT2D eigenvalue weighted by Gasteiger charge is -2.55. The monoisotopic (exact) mass is 489 g/mol. The van der Waals surface area contributed by atoms with Gasteiger partial charge in [0, 0.05) is 49.0 Å². The molecule has 26 heavy (non-hydrogen) atoms. The number of thioether (sulfide) groups is 1. The molecule has 0 spiro atoms. The van der Waals surface area contributed by atoms with Gasteiger partial charge in [0.15, 0.2) is 5.96 Å². The van der Waals surface area contributed by atoms with E-state index in [4.69, 9.17) is 9.73 Å². The van der Waals surface area contributed by atoms with Gasteiger partial charge < -0.3 is 15.0 Å². The summed E-state index contributed by atoms with van der Waals surface area (Å²) in [4.78, 5) is 8.28. The molecule has 0 bridgehead atoms. The highest BCUT2D eigenvalue weighted by molar-refractivity contribution is 14.0. The Kier molecular flexibility index (Phi) is 7.68. The molecule has 0 radical (unpaired) electrons. The van der Waals surface area contributed by atoms with Crippen molar-refractivity contribution in [3.63, 3.8) is 0 Å². The average molecular weight is 489 g/mol. The SMILES string of the molecule is CCN=C(NC1C2CCOC2C1(C)C)N(C)Cc1ccc(SC)cc1.I. The van der Waals surface area contributed by atoms with Crippen LogP contribution in [-0.2, 0) is 11.3 Å². The predicted molar refractivity (Wildman–Crippen MR) is 122 cm³/mol. The molecule has 1 aromatic rings. The van der Waals surface area contributed by atoms with Gasteiger partial charge in [-0.05, 0) is 37.3 Å². The maximum atomic E-state index is 5.92. The molecule has 0 aromatic heterocycles. The molecule has 1 saturated heterocycles.